The predicted octanol–water partition coefficient (Wildman–Crippen LogP) is 2.25. The third-order valence-electron chi connectivity index (χ3n) is 4.84. The summed E-state index contributed by atoms with van der Waals surface area (Å²) >= 11 is 0. The summed E-state index contributed by atoms with van der Waals surface area (Å²) in [7, 11) is 4.63. The molecule has 9 heteroatoms. The Morgan fingerprint density at radius 1 is 1.21 bits per heavy atom. The highest BCUT2D eigenvalue weighted by atomic mass is 16.5. The van der Waals surface area contributed by atoms with Gasteiger partial charge in [0.25, 0.3) is 0 Å². The van der Waals surface area contributed by atoms with Crippen molar-refractivity contribution in [1.29, 1.82) is 0 Å². The number of ether oxygens (including phenoxy) is 4. The number of benzene rings is 1. The van der Waals surface area contributed by atoms with Crippen molar-refractivity contribution in [3.8, 4) is 17.2 Å². The number of anilines is 1. The zero-order valence-electron chi connectivity index (χ0n) is 17.2. The van der Waals surface area contributed by atoms with Crippen molar-refractivity contribution in [3.63, 3.8) is 0 Å². The summed E-state index contributed by atoms with van der Waals surface area (Å²) in [5.74, 6) is 1.14. The fourth-order valence-corrected chi connectivity index (χ4v) is 3.65. The van der Waals surface area contributed by atoms with Gasteiger partial charge in [0, 0.05) is 17.9 Å². The molecule has 0 unspecified atom stereocenters. The van der Waals surface area contributed by atoms with Gasteiger partial charge in [0.15, 0.2) is 11.5 Å². The lowest BCUT2D eigenvalue weighted by Crippen LogP contribution is -2.26. The molecule has 9 nitrogen and oxygen atoms in total. The minimum absolute atomic E-state index is 0.0771. The van der Waals surface area contributed by atoms with E-state index in [4.69, 9.17) is 18.9 Å². The minimum atomic E-state index is -0.415. The van der Waals surface area contributed by atoms with Gasteiger partial charge in [-0.2, -0.15) is 5.10 Å². The molecule has 0 saturated carbocycles. The smallest absolute Gasteiger partial charge is 0.327 e. The fourth-order valence-electron chi connectivity index (χ4n) is 3.65. The number of carbonyl (C=O) groups is 2. The molecule has 3 rings (SSSR count). The molecule has 0 bridgehead atoms. The first-order chi connectivity index (χ1) is 13.9. The number of hydrogen-bond acceptors (Lipinski definition) is 7. The molecule has 1 aromatic carbocycles. The first kappa shape index (κ1) is 20.5. The monoisotopic (exact) mass is 403 g/mol. The van der Waals surface area contributed by atoms with Crippen LogP contribution in [0.1, 0.15) is 36.1 Å². The average Bonchev–Trinajstić information content (AvgIpc) is 3.01. The molecule has 1 N–H and O–H groups in total. The largest absolute Gasteiger partial charge is 0.493 e. The Bertz CT molecular complexity index is 912. The van der Waals surface area contributed by atoms with Crippen molar-refractivity contribution in [2.24, 2.45) is 0 Å². The van der Waals surface area contributed by atoms with Gasteiger partial charge in [-0.25, -0.2) is 4.68 Å². The van der Waals surface area contributed by atoms with Crippen LogP contribution in [-0.2, 0) is 20.9 Å². The van der Waals surface area contributed by atoms with Crippen molar-refractivity contribution in [2.45, 2.75) is 32.7 Å². The number of fused-ring (bicyclic) bond motifs is 1. The van der Waals surface area contributed by atoms with Crippen LogP contribution in [0.2, 0.25) is 0 Å². The lowest BCUT2D eigenvalue weighted by atomic mass is 9.85. The van der Waals surface area contributed by atoms with E-state index in [2.05, 4.69) is 10.4 Å². The van der Waals surface area contributed by atoms with Crippen LogP contribution in [0.5, 0.6) is 17.2 Å². The maximum Gasteiger partial charge on any atom is 0.327 e. The zero-order chi connectivity index (χ0) is 21.1. The van der Waals surface area contributed by atoms with Gasteiger partial charge in [-0.05, 0) is 31.5 Å². The molecular formula is C20H25N3O6. The standard InChI is InChI=1S/C20H25N3O6/c1-6-29-17(25)10-23-20-18(11(2)22-23)13(9-16(24)21-20)12-7-14(26-3)19(28-5)15(8-12)27-4/h7-8,13H,6,9-10H2,1-5H3,(H,21,24)/t13-/m1/s1. The van der Waals surface area contributed by atoms with Crippen molar-refractivity contribution in [1.82, 2.24) is 9.78 Å². The van der Waals surface area contributed by atoms with Gasteiger partial charge in [-0.3, -0.25) is 9.59 Å². The van der Waals surface area contributed by atoms with Gasteiger partial charge >= 0.3 is 5.97 Å². The van der Waals surface area contributed by atoms with E-state index in [1.165, 1.54) is 11.8 Å². The Morgan fingerprint density at radius 2 is 1.86 bits per heavy atom. The van der Waals surface area contributed by atoms with E-state index in [9.17, 15) is 9.59 Å². The van der Waals surface area contributed by atoms with Crippen LogP contribution in [0.4, 0.5) is 5.82 Å². The number of esters is 1. The number of nitrogens with one attached hydrogen (secondary N) is 1. The van der Waals surface area contributed by atoms with Gasteiger partial charge in [0.1, 0.15) is 12.4 Å². The van der Waals surface area contributed by atoms with E-state index in [1.54, 1.807) is 21.1 Å². The Labute approximate surface area is 168 Å². The van der Waals surface area contributed by atoms with E-state index in [0.717, 1.165) is 16.8 Å². The molecule has 1 aliphatic rings. The predicted molar refractivity (Wildman–Crippen MR) is 105 cm³/mol. The maximum absolute atomic E-state index is 12.5. The summed E-state index contributed by atoms with van der Waals surface area (Å²) < 4.78 is 22.8. The second kappa shape index (κ2) is 8.42. The molecule has 156 valence electrons. The van der Waals surface area contributed by atoms with Crippen molar-refractivity contribution in [2.75, 3.05) is 33.3 Å². The van der Waals surface area contributed by atoms with Crippen molar-refractivity contribution >= 4 is 17.7 Å². The first-order valence-corrected chi connectivity index (χ1v) is 9.26. The number of hydrogen-bond donors (Lipinski definition) is 1. The van der Waals surface area contributed by atoms with Crippen LogP contribution in [-0.4, -0.2) is 49.6 Å². The third-order valence-corrected chi connectivity index (χ3v) is 4.84. The molecule has 0 saturated heterocycles. The van der Waals surface area contributed by atoms with E-state index < -0.39 is 5.97 Å². The molecule has 0 aliphatic carbocycles. The summed E-state index contributed by atoms with van der Waals surface area (Å²) in [6.45, 7) is 3.79. The quantitative estimate of drug-likeness (QED) is 0.708. The maximum atomic E-state index is 12.5. The topological polar surface area (TPSA) is 101 Å². The van der Waals surface area contributed by atoms with Crippen LogP contribution in [0, 0.1) is 6.92 Å². The van der Waals surface area contributed by atoms with E-state index in [-0.39, 0.29) is 31.4 Å². The van der Waals surface area contributed by atoms with Crippen LogP contribution in [0.15, 0.2) is 12.1 Å². The summed E-state index contributed by atoms with van der Waals surface area (Å²) in [5, 5.41) is 7.30. The van der Waals surface area contributed by atoms with E-state index in [1.807, 2.05) is 19.1 Å². The summed E-state index contributed by atoms with van der Waals surface area (Å²) in [5.41, 5.74) is 2.40. The Morgan fingerprint density at radius 3 is 2.41 bits per heavy atom. The highest BCUT2D eigenvalue weighted by Gasteiger charge is 2.34. The number of methoxy groups -OCH3 is 3. The Hall–Kier alpha value is -3.23. The minimum Gasteiger partial charge on any atom is -0.493 e. The summed E-state index contributed by atoms with van der Waals surface area (Å²) in [6, 6.07) is 3.66. The number of aryl methyl sites for hydroxylation is 1. The third kappa shape index (κ3) is 3.85. The van der Waals surface area contributed by atoms with Crippen LogP contribution in [0.25, 0.3) is 0 Å². The van der Waals surface area contributed by atoms with Gasteiger partial charge in [0.05, 0.1) is 33.6 Å². The fraction of sp³-hybridized carbons (Fsp3) is 0.450. The molecule has 1 aliphatic heterocycles. The van der Waals surface area contributed by atoms with E-state index >= 15 is 0 Å². The number of amides is 1. The number of rotatable bonds is 7. The van der Waals surface area contributed by atoms with Gasteiger partial charge in [0.2, 0.25) is 11.7 Å². The van der Waals surface area contributed by atoms with Crippen molar-refractivity contribution < 1.29 is 28.5 Å². The van der Waals surface area contributed by atoms with Crippen LogP contribution < -0.4 is 19.5 Å². The summed E-state index contributed by atoms with van der Waals surface area (Å²) in [4.78, 5) is 24.4. The average molecular weight is 403 g/mol. The Kier molecular flexibility index (Phi) is 5.95. The molecule has 1 atom stereocenters. The van der Waals surface area contributed by atoms with Crippen LogP contribution >= 0.6 is 0 Å². The number of aromatic nitrogens is 2. The van der Waals surface area contributed by atoms with Gasteiger partial charge in [-0.15, -0.1) is 0 Å². The molecule has 0 spiro atoms. The molecule has 2 aromatic rings. The highest BCUT2D eigenvalue weighted by Crippen LogP contribution is 2.45. The molecule has 0 fully saturated rings. The van der Waals surface area contributed by atoms with Gasteiger partial charge in [-0.1, -0.05) is 0 Å². The van der Waals surface area contributed by atoms with E-state index in [0.29, 0.717) is 23.1 Å². The molecule has 1 amide bonds. The molecule has 29 heavy (non-hydrogen) atoms. The first-order valence-electron chi connectivity index (χ1n) is 9.26. The molecular weight excluding hydrogens is 378 g/mol. The van der Waals surface area contributed by atoms with Gasteiger partial charge < -0.3 is 24.3 Å². The zero-order valence-corrected chi connectivity index (χ0v) is 17.2. The normalized spacial score (nSPS) is 15.3. The molecule has 2 heterocycles. The lowest BCUT2D eigenvalue weighted by Gasteiger charge is -2.25. The molecule has 0 radical (unpaired) electrons. The Balaban J connectivity index is 2.09. The lowest BCUT2D eigenvalue weighted by molar-refractivity contribution is -0.144. The number of nitrogens with zero attached hydrogens (tertiary/aromatic N) is 2. The SMILES string of the molecule is CCOC(=O)Cn1nc(C)c2c1NC(=O)C[C@@H]2c1cc(OC)c(OC)c(OC)c1. The van der Waals surface area contributed by atoms with Crippen LogP contribution in [0.3, 0.4) is 0 Å². The highest BCUT2D eigenvalue weighted by molar-refractivity contribution is 5.95. The second-order valence-electron chi connectivity index (χ2n) is 6.57. The van der Waals surface area contributed by atoms with Crippen molar-refractivity contribution in [3.05, 3.63) is 29.0 Å². The summed E-state index contributed by atoms with van der Waals surface area (Å²) in [6.07, 6.45) is 0.234. The number of carbonyl (C=O) groups excluding carboxylic acids is 2. The molecule has 1 aromatic heterocycles. The second-order valence-corrected chi connectivity index (χ2v) is 6.57.